The van der Waals surface area contributed by atoms with Gasteiger partial charge in [-0.1, -0.05) is 0 Å². The molecule has 0 aromatic carbocycles. The molecule has 0 unspecified atom stereocenters. The Morgan fingerprint density at radius 3 is 3.00 bits per heavy atom. The number of hydrogen-bond acceptors (Lipinski definition) is 6. The molecule has 3 aliphatic rings. The number of aromatic nitrogens is 2. The molecule has 4 heterocycles. The minimum absolute atomic E-state index is 0.0684. The molecule has 27 heavy (non-hydrogen) atoms. The van der Waals surface area contributed by atoms with Crippen molar-refractivity contribution in [1.29, 1.82) is 0 Å². The third kappa shape index (κ3) is 3.98. The van der Waals surface area contributed by atoms with Crippen LogP contribution in [0.1, 0.15) is 23.3 Å². The van der Waals surface area contributed by atoms with Gasteiger partial charge in [-0.3, -0.25) is 15.0 Å². The number of urea groups is 1. The molecule has 4 rings (SSSR count). The van der Waals surface area contributed by atoms with Crippen molar-refractivity contribution in [1.82, 2.24) is 25.7 Å². The number of nitrogens with zero attached hydrogens (tertiary/aromatic N) is 3. The number of amides is 3. The van der Waals surface area contributed by atoms with Gasteiger partial charge in [0.15, 0.2) is 11.5 Å². The fourth-order valence-corrected chi connectivity index (χ4v) is 3.07. The van der Waals surface area contributed by atoms with Crippen LogP contribution in [0.15, 0.2) is 48.0 Å². The molecule has 140 valence electrons. The fourth-order valence-electron chi connectivity index (χ4n) is 3.07. The molecule has 0 bridgehead atoms. The van der Waals surface area contributed by atoms with Crippen LogP contribution in [-0.4, -0.2) is 52.8 Å². The van der Waals surface area contributed by atoms with E-state index < -0.39 is 0 Å². The fraction of sp³-hybridized carbons (Fsp3) is 0.333. The van der Waals surface area contributed by atoms with Crippen LogP contribution in [0.3, 0.4) is 0 Å². The number of anilines is 1. The Kier molecular flexibility index (Phi) is 4.84. The van der Waals surface area contributed by atoms with Gasteiger partial charge in [0.05, 0.1) is 12.6 Å². The van der Waals surface area contributed by atoms with Crippen molar-refractivity contribution in [3.8, 4) is 0 Å². The maximum Gasteiger partial charge on any atom is 0.327 e. The van der Waals surface area contributed by atoms with E-state index in [1.807, 2.05) is 18.5 Å². The molecule has 3 N–H and O–H groups in total. The van der Waals surface area contributed by atoms with E-state index in [-0.39, 0.29) is 29.6 Å². The summed E-state index contributed by atoms with van der Waals surface area (Å²) in [4.78, 5) is 26.0. The molecule has 1 aromatic rings. The second kappa shape index (κ2) is 7.58. The van der Waals surface area contributed by atoms with Crippen LogP contribution in [0.25, 0.3) is 0 Å². The van der Waals surface area contributed by atoms with E-state index >= 15 is 0 Å². The van der Waals surface area contributed by atoms with Crippen molar-refractivity contribution in [2.24, 2.45) is 0 Å². The first-order valence-electron chi connectivity index (χ1n) is 8.84. The molecule has 1 aromatic heterocycles. The van der Waals surface area contributed by atoms with Gasteiger partial charge < -0.3 is 15.4 Å². The highest BCUT2D eigenvalue weighted by molar-refractivity contribution is 5.93. The highest BCUT2D eigenvalue weighted by atomic mass is 16.5. The zero-order valence-corrected chi connectivity index (χ0v) is 14.6. The summed E-state index contributed by atoms with van der Waals surface area (Å²) in [5.74, 6) is -0.0259. The zero-order valence-electron chi connectivity index (χ0n) is 14.6. The average molecular weight is 368 g/mol. The number of allylic oxidation sites excluding steroid dienone is 1. The number of rotatable bonds is 4. The van der Waals surface area contributed by atoms with E-state index in [4.69, 9.17) is 4.74 Å². The summed E-state index contributed by atoms with van der Waals surface area (Å²) in [5, 5.41) is 16.3. The minimum Gasteiger partial charge on any atom is -0.376 e. The largest absolute Gasteiger partial charge is 0.376 e. The summed E-state index contributed by atoms with van der Waals surface area (Å²) in [6.07, 6.45) is 9.40. The van der Waals surface area contributed by atoms with Crippen LogP contribution in [0, 0.1) is 0 Å². The molecule has 1 saturated heterocycles. The van der Waals surface area contributed by atoms with E-state index in [9.17, 15) is 9.59 Å². The zero-order chi connectivity index (χ0) is 18.6. The monoisotopic (exact) mass is 368 g/mol. The lowest BCUT2D eigenvalue weighted by atomic mass is 10.1. The van der Waals surface area contributed by atoms with Crippen LogP contribution in [0.2, 0.25) is 0 Å². The first kappa shape index (κ1) is 17.2. The van der Waals surface area contributed by atoms with Crippen molar-refractivity contribution < 1.29 is 14.3 Å². The molecule has 9 heteroatoms. The molecule has 0 radical (unpaired) electrons. The molecule has 3 aliphatic heterocycles. The number of carbonyl (C=O) groups excluding carboxylic acids is 2. The normalized spacial score (nSPS) is 20.4. The lowest BCUT2D eigenvalue weighted by molar-refractivity contribution is 0.0853. The van der Waals surface area contributed by atoms with Crippen LogP contribution in [0.4, 0.5) is 10.6 Å². The molecule has 1 fully saturated rings. The standard InChI is InChI=1S/C18H20N6O3/c25-17(20-9-14-2-1-7-27-14)15-3-4-16(23-22-15)21-18(26)24-10-12-5-6-19-8-13(12)11-24/h3-6,8,10,14,19H,1-2,7,9,11H2,(H,20,25)(H,21,23,26)/t14-/m1/s1. The van der Waals surface area contributed by atoms with Gasteiger partial charge in [0.2, 0.25) is 0 Å². The summed E-state index contributed by atoms with van der Waals surface area (Å²) in [7, 11) is 0. The maximum atomic E-state index is 12.4. The Morgan fingerprint density at radius 2 is 2.26 bits per heavy atom. The molecule has 0 saturated carbocycles. The Balaban J connectivity index is 1.31. The van der Waals surface area contributed by atoms with Crippen LogP contribution < -0.4 is 16.0 Å². The molecular formula is C18H20N6O3. The molecule has 0 aliphatic carbocycles. The molecule has 1 atom stereocenters. The summed E-state index contributed by atoms with van der Waals surface area (Å²) < 4.78 is 5.47. The number of fused-ring (bicyclic) bond motifs is 1. The Morgan fingerprint density at radius 1 is 1.33 bits per heavy atom. The number of hydrogen-bond donors (Lipinski definition) is 3. The predicted octanol–water partition coefficient (Wildman–Crippen LogP) is 1.12. The highest BCUT2D eigenvalue weighted by Crippen LogP contribution is 2.23. The Labute approximate surface area is 156 Å². The molecular weight excluding hydrogens is 348 g/mol. The second-order valence-electron chi connectivity index (χ2n) is 6.46. The molecule has 3 amide bonds. The highest BCUT2D eigenvalue weighted by Gasteiger charge is 2.23. The van der Waals surface area contributed by atoms with E-state index in [1.165, 1.54) is 6.07 Å². The van der Waals surface area contributed by atoms with Crippen molar-refractivity contribution in [2.75, 3.05) is 25.0 Å². The van der Waals surface area contributed by atoms with Gasteiger partial charge in [-0.05, 0) is 42.2 Å². The first-order valence-corrected chi connectivity index (χ1v) is 8.84. The quantitative estimate of drug-likeness (QED) is 0.735. The average Bonchev–Trinajstić information content (AvgIpc) is 3.36. The topological polar surface area (TPSA) is 108 Å². The molecule has 0 spiro atoms. The number of dihydropyridines is 1. The smallest absolute Gasteiger partial charge is 0.327 e. The van der Waals surface area contributed by atoms with Crippen LogP contribution in [-0.2, 0) is 4.74 Å². The summed E-state index contributed by atoms with van der Waals surface area (Å²) in [6, 6.07) is 2.78. The lowest BCUT2D eigenvalue weighted by Gasteiger charge is -2.14. The van der Waals surface area contributed by atoms with Crippen molar-refractivity contribution in [2.45, 2.75) is 18.9 Å². The minimum atomic E-state index is -0.310. The SMILES string of the molecule is O=C(NC[C@H]1CCCO1)c1ccc(NC(=O)N2C=C3C=CNC=C3C2)nn1. The van der Waals surface area contributed by atoms with Crippen molar-refractivity contribution in [3.05, 3.63) is 53.6 Å². The van der Waals surface area contributed by atoms with Gasteiger partial charge in [-0.2, -0.15) is 0 Å². The third-order valence-electron chi connectivity index (χ3n) is 4.53. The summed E-state index contributed by atoms with van der Waals surface area (Å²) >= 11 is 0. The van der Waals surface area contributed by atoms with Gasteiger partial charge in [0, 0.05) is 31.8 Å². The van der Waals surface area contributed by atoms with E-state index in [1.54, 1.807) is 17.2 Å². The number of nitrogens with one attached hydrogen (secondary N) is 3. The van der Waals surface area contributed by atoms with Gasteiger partial charge in [-0.25, -0.2) is 4.79 Å². The van der Waals surface area contributed by atoms with Gasteiger partial charge >= 0.3 is 6.03 Å². The predicted molar refractivity (Wildman–Crippen MR) is 97.5 cm³/mol. The first-order chi connectivity index (χ1) is 13.2. The maximum absolute atomic E-state index is 12.4. The van der Waals surface area contributed by atoms with Gasteiger partial charge in [0.1, 0.15) is 0 Å². The Bertz CT molecular complexity index is 824. The molecule has 9 nitrogen and oxygen atoms in total. The van der Waals surface area contributed by atoms with Crippen molar-refractivity contribution in [3.63, 3.8) is 0 Å². The van der Waals surface area contributed by atoms with E-state index in [0.29, 0.717) is 13.1 Å². The second-order valence-corrected chi connectivity index (χ2v) is 6.46. The Hall–Kier alpha value is -3.20. The van der Waals surface area contributed by atoms with E-state index in [2.05, 4.69) is 26.1 Å². The summed E-state index contributed by atoms with van der Waals surface area (Å²) in [6.45, 7) is 1.68. The third-order valence-corrected chi connectivity index (χ3v) is 4.53. The number of ether oxygens (including phenoxy) is 1. The summed E-state index contributed by atoms with van der Waals surface area (Å²) in [5.41, 5.74) is 2.23. The lowest BCUT2D eigenvalue weighted by Crippen LogP contribution is -2.32. The van der Waals surface area contributed by atoms with E-state index in [0.717, 1.165) is 30.6 Å². The number of carbonyl (C=O) groups is 2. The van der Waals surface area contributed by atoms with Gasteiger partial charge in [0.25, 0.3) is 5.91 Å². The van der Waals surface area contributed by atoms with Crippen LogP contribution >= 0.6 is 0 Å². The van der Waals surface area contributed by atoms with Gasteiger partial charge in [-0.15, -0.1) is 10.2 Å². The van der Waals surface area contributed by atoms with Crippen molar-refractivity contribution >= 4 is 17.8 Å². The van der Waals surface area contributed by atoms with Crippen LogP contribution in [0.5, 0.6) is 0 Å².